The SMILES string of the molecule is CN1CCCC1c1noc(=O)[nH]1. The fourth-order valence-electron chi connectivity index (χ4n) is 1.64. The molecule has 1 aliphatic rings. The summed E-state index contributed by atoms with van der Waals surface area (Å²) in [6.45, 7) is 1.06. The minimum absolute atomic E-state index is 0.233. The molecule has 1 aromatic heterocycles. The molecular weight excluding hydrogens is 158 g/mol. The molecule has 1 aliphatic heterocycles. The van der Waals surface area contributed by atoms with E-state index in [4.69, 9.17) is 0 Å². The summed E-state index contributed by atoms with van der Waals surface area (Å²) in [5.74, 6) is 0.185. The summed E-state index contributed by atoms with van der Waals surface area (Å²) in [5.41, 5.74) is 0. The average Bonchev–Trinajstić information content (AvgIpc) is 2.58. The highest BCUT2D eigenvalue weighted by Crippen LogP contribution is 2.26. The molecule has 2 rings (SSSR count). The quantitative estimate of drug-likeness (QED) is 0.649. The van der Waals surface area contributed by atoms with Gasteiger partial charge in [0.2, 0.25) is 0 Å². The Morgan fingerprint density at radius 2 is 2.58 bits per heavy atom. The summed E-state index contributed by atoms with van der Waals surface area (Å²) >= 11 is 0. The number of H-pyrrole nitrogens is 1. The van der Waals surface area contributed by atoms with Gasteiger partial charge in [-0.3, -0.25) is 14.4 Å². The Bertz CT molecular complexity index is 316. The molecule has 5 nitrogen and oxygen atoms in total. The van der Waals surface area contributed by atoms with E-state index in [1.54, 1.807) is 0 Å². The van der Waals surface area contributed by atoms with E-state index in [0.29, 0.717) is 5.82 Å². The van der Waals surface area contributed by atoms with Gasteiger partial charge in [0, 0.05) is 0 Å². The summed E-state index contributed by atoms with van der Waals surface area (Å²) in [7, 11) is 2.02. The van der Waals surface area contributed by atoms with Crippen molar-refractivity contribution in [3.63, 3.8) is 0 Å². The monoisotopic (exact) mass is 169 g/mol. The van der Waals surface area contributed by atoms with Gasteiger partial charge >= 0.3 is 5.76 Å². The molecule has 12 heavy (non-hydrogen) atoms. The van der Waals surface area contributed by atoms with Crippen molar-refractivity contribution >= 4 is 0 Å². The molecule has 0 saturated carbocycles. The van der Waals surface area contributed by atoms with Crippen molar-refractivity contribution < 1.29 is 4.52 Å². The highest BCUT2D eigenvalue weighted by Gasteiger charge is 2.25. The summed E-state index contributed by atoms with van der Waals surface area (Å²) in [4.78, 5) is 15.4. The molecule has 66 valence electrons. The lowest BCUT2D eigenvalue weighted by atomic mass is 10.2. The van der Waals surface area contributed by atoms with Crippen LogP contribution in [0.2, 0.25) is 0 Å². The van der Waals surface area contributed by atoms with E-state index in [9.17, 15) is 4.79 Å². The zero-order valence-electron chi connectivity index (χ0n) is 6.91. The topological polar surface area (TPSA) is 62.1 Å². The second-order valence-corrected chi connectivity index (χ2v) is 3.12. The van der Waals surface area contributed by atoms with E-state index in [1.165, 1.54) is 0 Å². The lowest BCUT2D eigenvalue weighted by Crippen LogP contribution is -2.19. The van der Waals surface area contributed by atoms with Crippen LogP contribution in [0.25, 0.3) is 0 Å². The number of aromatic amines is 1. The summed E-state index contributed by atoms with van der Waals surface area (Å²) in [6, 6.07) is 0.233. The molecule has 1 N–H and O–H groups in total. The molecule has 1 atom stereocenters. The normalized spacial score (nSPS) is 24.9. The molecule has 1 aromatic rings. The molecule has 0 aliphatic carbocycles. The van der Waals surface area contributed by atoms with Gasteiger partial charge in [0.1, 0.15) is 0 Å². The molecule has 1 unspecified atom stereocenters. The van der Waals surface area contributed by atoms with Gasteiger partial charge in [-0.05, 0) is 26.4 Å². The van der Waals surface area contributed by atoms with E-state index < -0.39 is 5.76 Å². The lowest BCUT2D eigenvalue weighted by molar-refractivity contribution is 0.292. The first-order valence-corrected chi connectivity index (χ1v) is 4.03. The van der Waals surface area contributed by atoms with Crippen LogP contribution in [0, 0.1) is 0 Å². The first-order valence-electron chi connectivity index (χ1n) is 4.03. The number of likely N-dealkylation sites (tertiary alicyclic amines) is 1. The molecular formula is C7H11N3O2. The molecule has 0 bridgehead atoms. The van der Waals surface area contributed by atoms with Crippen LogP contribution >= 0.6 is 0 Å². The maximum absolute atomic E-state index is 10.7. The minimum atomic E-state index is -0.467. The van der Waals surface area contributed by atoms with Crippen molar-refractivity contribution in [2.45, 2.75) is 18.9 Å². The van der Waals surface area contributed by atoms with Gasteiger partial charge in [0.05, 0.1) is 6.04 Å². The van der Waals surface area contributed by atoms with Crippen LogP contribution in [0.5, 0.6) is 0 Å². The number of rotatable bonds is 1. The molecule has 2 heterocycles. The van der Waals surface area contributed by atoms with Crippen LogP contribution in [0.3, 0.4) is 0 Å². The van der Waals surface area contributed by atoms with E-state index in [1.807, 2.05) is 7.05 Å². The second-order valence-electron chi connectivity index (χ2n) is 3.12. The maximum atomic E-state index is 10.7. The van der Waals surface area contributed by atoms with E-state index in [2.05, 4.69) is 19.6 Å². The highest BCUT2D eigenvalue weighted by atomic mass is 16.5. The first kappa shape index (κ1) is 7.54. The Morgan fingerprint density at radius 3 is 3.08 bits per heavy atom. The molecule has 0 radical (unpaired) electrons. The smallest absolute Gasteiger partial charge is 0.296 e. The number of hydrogen-bond donors (Lipinski definition) is 1. The Morgan fingerprint density at radius 1 is 1.75 bits per heavy atom. The van der Waals surface area contributed by atoms with Crippen LogP contribution < -0.4 is 5.76 Å². The third kappa shape index (κ3) is 1.16. The van der Waals surface area contributed by atoms with Crippen LogP contribution in [-0.4, -0.2) is 28.6 Å². The minimum Gasteiger partial charge on any atom is -0.296 e. The van der Waals surface area contributed by atoms with Crippen molar-refractivity contribution in [3.8, 4) is 0 Å². The molecule has 5 heteroatoms. The Balaban J connectivity index is 2.24. The number of nitrogens with zero attached hydrogens (tertiary/aromatic N) is 2. The molecule has 0 amide bonds. The average molecular weight is 169 g/mol. The van der Waals surface area contributed by atoms with Crippen LogP contribution in [0.15, 0.2) is 9.32 Å². The van der Waals surface area contributed by atoms with Crippen LogP contribution in [-0.2, 0) is 0 Å². The fourth-order valence-corrected chi connectivity index (χ4v) is 1.64. The zero-order valence-corrected chi connectivity index (χ0v) is 6.91. The third-order valence-electron chi connectivity index (χ3n) is 2.29. The largest absolute Gasteiger partial charge is 0.438 e. The molecule has 1 saturated heterocycles. The Hall–Kier alpha value is -1.10. The van der Waals surface area contributed by atoms with Gasteiger partial charge < -0.3 is 0 Å². The molecule has 1 fully saturated rings. The highest BCUT2D eigenvalue weighted by molar-refractivity contribution is 4.93. The van der Waals surface area contributed by atoms with Crippen molar-refractivity contribution in [1.29, 1.82) is 0 Å². The van der Waals surface area contributed by atoms with E-state index in [-0.39, 0.29) is 6.04 Å². The van der Waals surface area contributed by atoms with Gasteiger partial charge in [-0.15, -0.1) is 0 Å². The van der Waals surface area contributed by atoms with Gasteiger partial charge in [0.25, 0.3) is 0 Å². The first-order chi connectivity index (χ1) is 5.77. The number of aromatic nitrogens is 2. The van der Waals surface area contributed by atoms with Crippen molar-refractivity contribution in [2.24, 2.45) is 0 Å². The van der Waals surface area contributed by atoms with Gasteiger partial charge in [0.15, 0.2) is 5.82 Å². The second kappa shape index (κ2) is 2.75. The van der Waals surface area contributed by atoms with Crippen molar-refractivity contribution in [2.75, 3.05) is 13.6 Å². The fraction of sp³-hybridized carbons (Fsp3) is 0.714. The van der Waals surface area contributed by atoms with Crippen LogP contribution in [0.1, 0.15) is 24.7 Å². The van der Waals surface area contributed by atoms with E-state index >= 15 is 0 Å². The summed E-state index contributed by atoms with van der Waals surface area (Å²) in [5, 5.41) is 3.66. The van der Waals surface area contributed by atoms with Crippen LogP contribution in [0.4, 0.5) is 0 Å². The zero-order chi connectivity index (χ0) is 8.55. The number of hydrogen-bond acceptors (Lipinski definition) is 4. The maximum Gasteiger partial charge on any atom is 0.438 e. The van der Waals surface area contributed by atoms with Crippen molar-refractivity contribution in [3.05, 3.63) is 16.4 Å². The van der Waals surface area contributed by atoms with Gasteiger partial charge in [-0.1, -0.05) is 5.16 Å². The lowest BCUT2D eigenvalue weighted by Gasteiger charge is -2.14. The van der Waals surface area contributed by atoms with Gasteiger partial charge in [-0.25, -0.2) is 4.79 Å². The predicted molar refractivity (Wildman–Crippen MR) is 41.7 cm³/mol. The van der Waals surface area contributed by atoms with E-state index in [0.717, 1.165) is 19.4 Å². The Kier molecular flexibility index (Phi) is 1.73. The molecule has 0 spiro atoms. The molecule has 0 aromatic carbocycles. The van der Waals surface area contributed by atoms with Gasteiger partial charge in [-0.2, -0.15) is 0 Å². The summed E-state index contributed by atoms with van der Waals surface area (Å²) in [6.07, 6.45) is 2.19. The summed E-state index contributed by atoms with van der Waals surface area (Å²) < 4.78 is 4.44. The number of nitrogens with one attached hydrogen (secondary N) is 1. The third-order valence-corrected chi connectivity index (χ3v) is 2.29. The van der Waals surface area contributed by atoms with Crippen molar-refractivity contribution in [1.82, 2.24) is 15.0 Å². The Labute approximate surface area is 69.4 Å². The predicted octanol–water partition coefficient (Wildman–Crippen LogP) is 0.130. The standard InChI is InChI=1S/C7H11N3O2/c1-10-4-2-3-5(10)6-8-7(11)12-9-6/h5H,2-4H2,1H3,(H,8,9,11).